The van der Waals surface area contributed by atoms with Crippen LogP contribution >= 0.6 is 11.8 Å². The minimum Gasteiger partial charge on any atom is -0.394 e. The van der Waals surface area contributed by atoms with E-state index in [4.69, 9.17) is 5.11 Å². The summed E-state index contributed by atoms with van der Waals surface area (Å²) in [6.45, 7) is 5.55. The first kappa shape index (κ1) is 32.2. The number of hydrogen-bond donors (Lipinski definition) is 5. The molecule has 10 heteroatoms. The van der Waals surface area contributed by atoms with E-state index in [9.17, 15) is 19.5 Å². The van der Waals surface area contributed by atoms with Gasteiger partial charge in [0.25, 0.3) is 11.8 Å². The van der Waals surface area contributed by atoms with Crippen LogP contribution in [0.4, 0.5) is 0 Å². The number of amides is 3. The molecule has 43 heavy (non-hydrogen) atoms. The van der Waals surface area contributed by atoms with Gasteiger partial charge in [-0.15, -0.1) is 0 Å². The van der Waals surface area contributed by atoms with Crippen molar-refractivity contribution >= 4 is 29.5 Å². The second-order valence-electron chi connectivity index (χ2n) is 10.8. The Hall–Kier alpha value is -3.70. The van der Waals surface area contributed by atoms with Gasteiger partial charge in [0.1, 0.15) is 0 Å². The van der Waals surface area contributed by atoms with Crippen LogP contribution in [0.2, 0.25) is 0 Å². The lowest BCUT2D eigenvalue weighted by Crippen LogP contribution is -2.45. The van der Waals surface area contributed by atoms with Gasteiger partial charge in [0.15, 0.2) is 5.37 Å². The molecule has 1 aliphatic rings. The smallest absolute Gasteiger partial charge is 0.256 e. The third-order valence-electron chi connectivity index (χ3n) is 7.17. The number of carbonyl (C=O) groups is 3. The first-order valence-electron chi connectivity index (χ1n) is 14.6. The van der Waals surface area contributed by atoms with Crippen molar-refractivity contribution in [2.45, 2.75) is 49.7 Å². The fourth-order valence-electron chi connectivity index (χ4n) is 4.95. The molecule has 9 nitrogen and oxygen atoms in total. The van der Waals surface area contributed by atoms with Crippen LogP contribution in [0.3, 0.4) is 0 Å². The van der Waals surface area contributed by atoms with Gasteiger partial charge < -0.3 is 31.1 Å². The highest BCUT2D eigenvalue weighted by atomic mass is 32.2. The van der Waals surface area contributed by atoms with Crippen molar-refractivity contribution in [3.63, 3.8) is 0 Å². The molecular weight excluding hydrogens is 564 g/mol. The Morgan fingerprint density at radius 2 is 1.74 bits per heavy atom. The van der Waals surface area contributed by atoms with E-state index in [1.54, 1.807) is 4.90 Å². The zero-order valence-electron chi connectivity index (χ0n) is 24.6. The van der Waals surface area contributed by atoms with Crippen molar-refractivity contribution in [1.82, 2.24) is 20.9 Å². The summed E-state index contributed by atoms with van der Waals surface area (Å²) in [6, 6.07) is 23.2. The maximum atomic E-state index is 13.8. The summed E-state index contributed by atoms with van der Waals surface area (Å²) >= 11 is 1.35. The molecule has 0 bridgehead atoms. The zero-order valence-corrected chi connectivity index (χ0v) is 25.4. The van der Waals surface area contributed by atoms with Crippen molar-refractivity contribution in [2.24, 2.45) is 5.92 Å². The lowest BCUT2D eigenvalue weighted by Gasteiger charge is -2.25. The molecule has 3 aromatic rings. The molecule has 0 spiro atoms. The number of nitrogens with zero attached hydrogens (tertiary/aromatic N) is 1. The molecule has 0 fully saturated rings. The SMILES string of the molecule is CCNC(=O)c1ccccc1-c1ccc(CN2Cc3ccccc3S[C@@H](NC(=O)CC(C)CNC[C@H](O)CO)C2=O)cc1. The Labute approximate surface area is 257 Å². The Morgan fingerprint density at radius 1 is 1.02 bits per heavy atom. The number of aliphatic hydroxyl groups excluding tert-OH is 2. The summed E-state index contributed by atoms with van der Waals surface area (Å²) < 4.78 is 0. The third-order valence-corrected chi connectivity index (χ3v) is 8.38. The lowest BCUT2D eigenvalue weighted by atomic mass is 9.98. The number of rotatable bonds is 13. The van der Waals surface area contributed by atoms with Crippen molar-refractivity contribution in [2.75, 3.05) is 26.2 Å². The van der Waals surface area contributed by atoms with Crippen LogP contribution in [0.5, 0.6) is 0 Å². The molecular formula is C33H40N4O5S. The van der Waals surface area contributed by atoms with Crippen molar-refractivity contribution in [3.05, 3.63) is 89.5 Å². The molecule has 1 aliphatic heterocycles. The van der Waals surface area contributed by atoms with Gasteiger partial charge in [-0.1, -0.05) is 79.3 Å². The number of nitrogens with one attached hydrogen (secondary N) is 3. The highest BCUT2D eigenvalue weighted by molar-refractivity contribution is 8.00. The molecule has 1 heterocycles. The molecule has 3 atom stereocenters. The van der Waals surface area contributed by atoms with E-state index >= 15 is 0 Å². The minimum atomic E-state index is -0.841. The van der Waals surface area contributed by atoms with Crippen molar-refractivity contribution in [1.29, 1.82) is 0 Å². The normalized spacial score (nSPS) is 16.1. The van der Waals surface area contributed by atoms with E-state index in [1.807, 2.05) is 86.6 Å². The van der Waals surface area contributed by atoms with E-state index in [2.05, 4.69) is 16.0 Å². The van der Waals surface area contributed by atoms with Gasteiger partial charge in [0.2, 0.25) is 5.91 Å². The number of thioether (sulfide) groups is 1. The molecule has 0 saturated heterocycles. The average molecular weight is 605 g/mol. The summed E-state index contributed by atoms with van der Waals surface area (Å²) in [7, 11) is 0. The van der Waals surface area contributed by atoms with Crippen LogP contribution in [0.15, 0.2) is 77.7 Å². The van der Waals surface area contributed by atoms with Crippen LogP contribution in [-0.2, 0) is 22.7 Å². The number of benzene rings is 3. The molecule has 5 N–H and O–H groups in total. The maximum absolute atomic E-state index is 13.8. The number of fused-ring (bicyclic) bond motifs is 1. The monoisotopic (exact) mass is 604 g/mol. The van der Waals surface area contributed by atoms with Crippen LogP contribution in [0, 0.1) is 5.92 Å². The Morgan fingerprint density at radius 3 is 2.49 bits per heavy atom. The van der Waals surface area contributed by atoms with Crippen molar-refractivity contribution < 1.29 is 24.6 Å². The van der Waals surface area contributed by atoms with E-state index in [1.165, 1.54) is 11.8 Å². The summed E-state index contributed by atoms with van der Waals surface area (Å²) in [4.78, 5) is 42.0. The summed E-state index contributed by atoms with van der Waals surface area (Å²) in [5, 5.41) is 26.5. The highest BCUT2D eigenvalue weighted by Crippen LogP contribution is 2.33. The first-order valence-corrected chi connectivity index (χ1v) is 15.5. The predicted octanol–water partition coefficient (Wildman–Crippen LogP) is 3.15. The molecule has 3 aromatic carbocycles. The van der Waals surface area contributed by atoms with E-state index in [0.29, 0.717) is 31.7 Å². The van der Waals surface area contributed by atoms with Crippen LogP contribution in [-0.4, -0.2) is 70.6 Å². The molecule has 0 aliphatic carbocycles. The van der Waals surface area contributed by atoms with Gasteiger partial charge in [-0.2, -0.15) is 0 Å². The summed E-state index contributed by atoms with van der Waals surface area (Å²) in [5.74, 6) is -0.543. The molecule has 0 radical (unpaired) electrons. The standard InChI is InChI=1S/C33H40N4O5S/c1-3-35-31(41)28-10-6-5-9-27(28)24-14-12-23(13-15-24)19-37-20-25-8-4-7-11-29(25)43-32(33(37)42)36-30(40)16-22(2)17-34-18-26(39)21-38/h4-15,22,26,32,34,38-39H,3,16-21H2,1-2H3,(H,35,41)(H,36,40)/t22?,26-,32+/m0/s1. The number of carbonyl (C=O) groups excluding carboxylic acids is 3. The fourth-order valence-corrected chi connectivity index (χ4v) is 6.09. The second kappa shape index (κ2) is 15.7. The third kappa shape index (κ3) is 8.90. The first-order chi connectivity index (χ1) is 20.8. The number of aliphatic hydroxyl groups is 2. The fraction of sp³-hybridized carbons (Fsp3) is 0.364. The van der Waals surface area contributed by atoms with E-state index in [0.717, 1.165) is 27.1 Å². The highest BCUT2D eigenvalue weighted by Gasteiger charge is 2.31. The van der Waals surface area contributed by atoms with Gasteiger partial charge in [0, 0.05) is 43.1 Å². The van der Waals surface area contributed by atoms with Gasteiger partial charge in [-0.3, -0.25) is 14.4 Å². The van der Waals surface area contributed by atoms with Crippen LogP contribution in [0.25, 0.3) is 11.1 Å². The van der Waals surface area contributed by atoms with Crippen molar-refractivity contribution in [3.8, 4) is 11.1 Å². The second-order valence-corrected chi connectivity index (χ2v) is 11.9. The molecule has 4 rings (SSSR count). The Balaban J connectivity index is 1.46. The predicted molar refractivity (Wildman–Crippen MR) is 168 cm³/mol. The zero-order chi connectivity index (χ0) is 30.8. The maximum Gasteiger partial charge on any atom is 0.256 e. The molecule has 228 valence electrons. The Bertz CT molecular complexity index is 1400. The Kier molecular flexibility index (Phi) is 11.7. The van der Waals surface area contributed by atoms with Gasteiger partial charge in [-0.05, 0) is 53.8 Å². The molecule has 1 unspecified atom stereocenters. The minimum absolute atomic E-state index is 0.0307. The molecule has 0 aromatic heterocycles. The molecule has 3 amide bonds. The van der Waals surface area contributed by atoms with Gasteiger partial charge in [0.05, 0.1) is 12.7 Å². The van der Waals surface area contributed by atoms with E-state index < -0.39 is 11.5 Å². The average Bonchev–Trinajstić information content (AvgIpc) is 3.13. The summed E-state index contributed by atoms with van der Waals surface area (Å²) in [6.07, 6.45) is -0.626. The van der Waals surface area contributed by atoms with Crippen LogP contribution in [0.1, 0.15) is 41.8 Å². The topological polar surface area (TPSA) is 131 Å². The van der Waals surface area contributed by atoms with Gasteiger partial charge in [-0.25, -0.2) is 0 Å². The largest absolute Gasteiger partial charge is 0.394 e. The van der Waals surface area contributed by atoms with Gasteiger partial charge >= 0.3 is 0 Å². The molecule has 0 saturated carbocycles. The summed E-state index contributed by atoms with van der Waals surface area (Å²) in [5.41, 5.74) is 4.32. The quantitative estimate of drug-likeness (QED) is 0.203. The van der Waals surface area contributed by atoms with E-state index in [-0.39, 0.29) is 43.2 Å². The lowest BCUT2D eigenvalue weighted by molar-refractivity contribution is -0.135. The number of hydrogen-bond acceptors (Lipinski definition) is 7. The van der Waals surface area contributed by atoms with Crippen LogP contribution < -0.4 is 16.0 Å².